The van der Waals surface area contributed by atoms with Gasteiger partial charge in [-0.2, -0.15) is 0 Å². The second-order valence-electron chi connectivity index (χ2n) is 12.3. The summed E-state index contributed by atoms with van der Waals surface area (Å²) in [6, 6.07) is 60.1. The van der Waals surface area contributed by atoms with Gasteiger partial charge in [-0.1, -0.05) is 121 Å². The number of fused-ring (bicyclic) bond motifs is 7. The summed E-state index contributed by atoms with van der Waals surface area (Å²) < 4.78 is 4.72. The van der Waals surface area contributed by atoms with E-state index in [2.05, 4.69) is 155 Å². The molecule has 4 heteroatoms. The topological polar surface area (TPSA) is 35.6 Å². The van der Waals surface area contributed by atoms with Gasteiger partial charge in [0.05, 0.1) is 27.8 Å². The van der Waals surface area contributed by atoms with Gasteiger partial charge in [-0.3, -0.25) is 4.57 Å². The molecule has 0 saturated heterocycles. The van der Waals surface area contributed by atoms with E-state index in [4.69, 9.17) is 9.97 Å². The van der Waals surface area contributed by atoms with E-state index in [0.29, 0.717) is 5.82 Å². The first-order chi connectivity index (χ1) is 23.8. The van der Waals surface area contributed by atoms with Crippen molar-refractivity contribution in [3.8, 4) is 34.2 Å². The van der Waals surface area contributed by atoms with Crippen molar-refractivity contribution in [2.75, 3.05) is 0 Å². The van der Waals surface area contributed by atoms with Crippen molar-refractivity contribution < 1.29 is 0 Å². The van der Waals surface area contributed by atoms with Crippen LogP contribution in [-0.2, 0) is 0 Å². The van der Waals surface area contributed by atoms with Crippen LogP contribution in [-0.4, -0.2) is 19.1 Å². The lowest BCUT2D eigenvalue weighted by Crippen LogP contribution is -2.02. The van der Waals surface area contributed by atoms with Crippen molar-refractivity contribution in [1.29, 1.82) is 0 Å². The van der Waals surface area contributed by atoms with Gasteiger partial charge in [0.15, 0.2) is 5.82 Å². The van der Waals surface area contributed by atoms with E-state index in [1.165, 1.54) is 37.8 Å². The van der Waals surface area contributed by atoms with Crippen LogP contribution in [0.2, 0.25) is 0 Å². The molecule has 0 spiro atoms. The highest BCUT2D eigenvalue weighted by molar-refractivity contribution is 6.20. The minimum absolute atomic E-state index is 0.698. The number of hydrogen-bond acceptors (Lipinski definition) is 2. The zero-order valence-corrected chi connectivity index (χ0v) is 26.0. The molecule has 0 fully saturated rings. The lowest BCUT2D eigenvalue weighted by Gasteiger charge is -2.12. The molecule has 3 heterocycles. The fourth-order valence-electron chi connectivity index (χ4n) is 7.29. The molecule has 0 N–H and O–H groups in total. The number of rotatable bonds is 4. The molecule has 10 aromatic rings. The van der Waals surface area contributed by atoms with Crippen LogP contribution in [0.15, 0.2) is 170 Å². The Labute approximate surface area is 276 Å². The molecule has 0 unspecified atom stereocenters. The Morgan fingerprint density at radius 1 is 0.354 bits per heavy atom. The summed E-state index contributed by atoms with van der Waals surface area (Å²) in [5, 5.41) is 7.32. The zero-order valence-electron chi connectivity index (χ0n) is 26.0. The van der Waals surface area contributed by atoms with E-state index in [0.717, 1.165) is 44.9 Å². The largest absolute Gasteiger partial charge is 0.309 e. The van der Waals surface area contributed by atoms with Crippen LogP contribution in [0.1, 0.15) is 0 Å². The van der Waals surface area contributed by atoms with Crippen molar-refractivity contribution in [3.63, 3.8) is 0 Å². The molecule has 10 rings (SSSR count). The molecule has 0 radical (unpaired) electrons. The second-order valence-corrected chi connectivity index (χ2v) is 12.3. The van der Waals surface area contributed by atoms with E-state index in [1.807, 2.05) is 24.3 Å². The maximum absolute atomic E-state index is 5.26. The molecule has 3 aromatic heterocycles. The summed E-state index contributed by atoms with van der Waals surface area (Å²) in [5.74, 6) is 1.53. The molecule has 224 valence electrons. The minimum Gasteiger partial charge on any atom is -0.309 e. The number of nitrogens with zero attached hydrogens (tertiary/aromatic N) is 4. The van der Waals surface area contributed by atoms with Crippen LogP contribution < -0.4 is 0 Å². The van der Waals surface area contributed by atoms with E-state index in [1.54, 1.807) is 0 Å². The standard InChI is InChI=1S/C44H28N4/c1-4-14-29(15-5-1)38-27-43(46-44(45-38)30-16-6-2-7-17-30)48-39-23-13-12-22-34(39)36-26-37-35-24-31-18-10-11-19-32(31)25-40(35)47(41(37)28-42(36)48)33-20-8-3-9-21-33/h1-28H. The molecule has 4 nitrogen and oxygen atoms in total. The van der Waals surface area contributed by atoms with Crippen molar-refractivity contribution in [2.24, 2.45) is 0 Å². The first-order valence-corrected chi connectivity index (χ1v) is 16.3. The molecular weight excluding hydrogens is 585 g/mol. The molecule has 0 amide bonds. The van der Waals surface area contributed by atoms with Crippen LogP contribution in [0.5, 0.6) is 0 Å². The fourth-order valence-corrected chi connectivity index (χ4v) is 7.29. The minimum atomic E-state index is 0.698. The third-order valence-electron chi connectivity index (χ3n) is 9.48. The molecule has 0 bridgehead atoms. The summed E-state index contributed by atoms with van der Waals surface area (Å²) in [6.07, 6.45) is 0. The summed E-state index contributed by atoms with van der Waals surface area (Å²) in [7, 11) is 0. The van der Waals surface area contributed by atoms with Crippen LogP contribution in [0.4, 0.5) is 0 Å². The van der Waals surface area contributed by atoms with Gasteiger partial charge in [-0.05, 0) is 53.2 Å². The highest BCUT2D eigenvalue weighted by atomic mass is 15.1. The normalized spacial score (nSPS) is 11.8. The van der Waals surface area contributed by atoms with Crippen molar-refractivity contribution in [1.82, 2.24) is 19.1 Å². The average Bonchev–Trinajstić information content (AvgIpc) is 3.65. The maximum atomic E-state index is 5.26. The smallest absolute Gasteiger partial charge is 0.162 e. The van der Waals surface area contributed by atoms with Crippen molar-refractivity contribution in [2.45, 2.75) is 0 Å². The van der Waals surface area contributed by atoms with Crippen molar-refractivity contribution >= 4 is 54.4 Å². The van der Waals surface area contributed by atoms with Gasteiger partial charge in [-0.15, -0.1) is 0 Å². The highest BCUT2D eigenvalue weighted by Crippen LogP contribution is 2.41. The van der Waals surface area contributed by atoms with Crippen LogP contribution >= 0.6 is 0 Å². The maximum Gasteiger partial charge on any atom is 0.162 e. The van der Waals surface area contributed by atoms with Gasteiger partial charge in [0.1, 0.15) is 5.82 Å². The Hall–Kier alpha value is -6.52. The third kappa shape index (κ3) is 4.10. The molecular formula is C44H28N4. The highest BCUT2D eigenvalue weighted by Gasteiger charge is 2.20. The first-order valence-electron chi connectivity index (χ1n) is 16.3. The zero-order chi connectivity index (χ0) is 31.6. The number of benzene rings is 7. The molecule has 48 heavy (non-hydrogen) atoms. The van der Waals surface area contributed by atoms with Gasteiger partial charge in [0.25, 0.3) is 0 Å². The SMILES string of the molecule is c1ccc(-c2cc(-n3c4ccccc4c4cc5c6cc7ccccc7cc6n(-c6ccccc6)c5cc43)nc(-c3ccccc3)n2)cc1. The number of para-hydroxylation sites is 2. The molecule has 0 aliphatic heterocycles. The Kier molecular flexibility index (Phi) is 5.84. The monoisotopic (exact) mass is 612 g/mol. The molecule has 7 aromatic carbocycles. The second kappa shape index (κ2) is 10.5. The third-order valence-corrected chi connectivity index (χ3v) is 9.48. The average molecular weight is 613 g/mol. The first kappa shape index (κ1) is 26.7. The summed E-state index contributed by atoms with van der Waals surface area (Å²) in [5.41, 5.74) is 8.62. The Bertz CT molecular complexity index is 2760. The molecule has 0 atom stereocenters. The lowest BCUT2D eigenvalue weighted by molar-refractivity contribution is 1.05. The van der Waals surface area contributed by atoms with Gasteiger partial charge in [0, 0.05) is 44.4 Å². The van der Waals surface area contributed by atoms with E-state index >= 15 is 0 Å². The van der Waals surface area contributed by atoms with E-state index in [-0.39, 0.29) is 0 Å². The Balaban J connectivity index is 1.34. The fraction of sp³-hybridized carbons (Fsp3) is 0. The Morgan fingerprint density at radius 2 is 0.917 bits per heavy atom. The Morgan fingerprint density at radius 3 is 1.69 bits per heavy atom. The molecule has 0 saturated carbocycles. The van der Waals surface area contributed by atoms with Crippen LogP contribution in [0, 0.1) is 0 Å². The summed E-state index contributed by atoms with van der Waals surface area (Å²) in [4.78, 5) is 10.3. The molecule has 0 aliphatic rings. The summed E-state index contributed by atoms with van der Waals surface area (Å²) in [6.45, 7) is 0. The predicted molar refractivity (Wildman–Crippen MR) is 199 cm³/mol. The van der Waals surface area contributed by atoms with Crippen molar-refractivity contribution in [3.05, 3.63) is 170 Å². The molecule has 0 aliphatic carbocycles. The predicted octanol–water partition coefficient (Wildman–Crippen LogP) is 11.2. The van der Waals surface area contributed by atoms with E-state index in [9.17, 15) is 0 Å². The van der Waals surface area contributed by atoms with Gasteiger partial charge >= 0.3 is 0 Å². The van der Waals surface area contributed by atoms with E-state index < -0.39 is 0 Å². The van der Waals surface area contributed by atoms with Gasteiger partial charge in [0.2, 0.25) is 0 Å². The summed E-state index contributed by atoms with van der Waals surface area (Å²) >= 11 is 0. The lowest BCUT2D eigenvalue weighted by atomic mass is 10.0. The van der Waals surface area contributed by atoms with Gasteiger partial charge < -0.3 is 4.57 Å². The van der Waals surface area contributed by atoms with Gasteiger partial charge in [-0.25, -0.2) is 9.97 Å². The van der Waals surface area contributed by atoms with Crippen LogP contribution in [0.3, 0.4) is 0 Å². The quantitative estimate of drug-likeness (QED) is 0.198. The number of aromatic nitrogens is 4. The van der Waals surface area contributed by atoms with Crippen LogP contribution in [0.25, 0.3) is 88.5 Å². The number of hydrogen-bond donors (Lipinski definition) is 0.